The van der Waals surface area contributed by atoms with E-state index in [0.29, 0.717) is 12.4 Å². The normalized spacial score (nSPS) is 11.7. The molecule has 1 rings (SSSR count). The highest BCUT2D eigenvalue weighted by atomic mass is 32.2. The molecule has 5 nitrogen and oxygen atoms in total. The zero-order valence-electron chi connectivity index (χ0n) is 10.8. The van der Waals surface area contributed by atoms with Crippen LogP contribution in [0.3, 0.4) is 0 Å². The standard InChI is InChI=1S/C13H18N2O3S/c1-2-18-13(17)11(14)8-19-9-12(16)15-10-6-4-3-5-7-10/h3-7,11H,2,8-9,14H2,1H3,(H,15,16)/t11-/m1/s1. The van der Waals surface area contributed by atoms with Gasteiger partial charge in [-0.05, 0) is 19.1 Å². The Balaban J connectivity index is 2.22. The van der Waals surface area contributed by atoms with Crippen LogP contribution in [0.15, 0.2) is 30.3 Å². The zero-order chi connectivity index (χ0) is 14.1. The Labute approximate surface area is 116 Å². The first kappa shape index (κ1) is 15.5. The van der Waals surface area contributed by atoms with Crippen molar-refractivity contribution < 1.29 is 14.3 Å². The van der Waals surface area contributed by atoms with Crippen molar-refractivity contribution in [2.45, 2.75) is 13.0 Å². The van der Waals surface area contributed by atoms with Gasteiger partial charge in [-0.3, -0.25) is 9.59 Å². The van der Waals surface area contributed by atoms with Gasteiger partial charge in [-0.25, -0.2) is 0 Å². The molecule has 19 heavy (non-hydrogen) atoms. The summed E-state index contributed by atoms with van der Waals surface area (Å²) in [7, 11) is 0. The van der Waals surface area contributed by atoms with Crippen LogP contribution in [0, 0.1) is 0 Å². The predicted octanol–water partition coefficient (Wildman–Crippen LogP) is 1.25. The lowest BCUT2D eigenvalue weighted by atomic mass is 10.3. The maximum absolute atomic E-state index is 11.6. The minimum Gasteiger partial charge on any atom is -0.465 e. The van der Waals surface area contributed by atoms with Gasteiger partial charge in [0.05, 0.1) is 12.4 Å². The number of hydrogen-bond acceptors (Lipinski definition) is 5. The minimum atomic E-state index is -0.686. The van der Waals surface area contributed by atoms with E-state index < -0.39 is 12.0 Å². The van der Waals surface area contributed by atoms with Crippen molar-refractivity contribution in [3.8, 4) is 0 Å². The highest BCUT2D eigenvalue weighted by molar-refractivity contribution is 8.00. The van der Waals surface area contributed by atoms with Crippen LogP contribution in [0.1, 0.15) is 6.92 Å². The molecule has 0 aliphatic carbocycles. The number of carbonyl (C=O) groups excluding carboxylic acids is 2. The van der Waals surface area contributed by atoms with E-state index in [-0.39, 0.29) is 11.7 Å². The van der Waals surface area contributed by atoms with E-state index in [1.54, 1.807) is 6.92 Å². The van der Waals surface area contributed by atoms with Crippen LogP contribution >= 0.6 is 11.8 Å². The zero-order valence-corrected chi connectivity index (χ0v) is 11.6. The number of hydrogen-bond donors (Lipinski definition) is 2. The summed E-state index contributed by atoms with van der Waals surface area (Å²) in [6.45, 7) is 2.04. The Morgan fingerprint density at radius 3 is 2.68 bits per heavy atom. The van der Waals surface area contributed by atoms with Gasteiger partial charge < -0.3 is 15.8 Å². The average molecular weight is 282 g/mol. The van der Waals surface area contributed by atoms with E-state index in [9.17, 15) is 9.59 Å². The summed E-state index contributed by atoms with van der Waals surface area (Å²) < 4.78 is 4.78. The molecule has 1 aromatic carbocycles. The molecule has 1 aromatic rings. The SMILES string of the molecule is CCOC(=O)[C@H](N)CSCC(=O)Nc1ccccc1. The smallest absolute Gasteiger partial charge is 0.323 e. The van der Waals surface area contributed by atoms with Gasteiger partial charge in [-0.15, -0.1) is 11.8 Å². The highest BCUT2D eigenvalue weighted by Gasteiger charge is 2.15. The van der Waals surface area contributed by atoms with Crippen LogP contribution in [0.25, 0.3) is 0 Å². The number of anilines is 1. The fraction of sp³-hybridized carbons (Fsp3) is 0.385. The fourth-order valence-corrected chi connectivity index (χ4v) is 2.08. The molecular weight excluding hydrogens is 264 g/mol. The molecule has 3 N–H and O–H groups in total. The Morgan fingerprint density at radius 1 is 1.37 bits per heavy atom. The third-order valence-electron chi connectivity index (χ3n) is 2.18. The predicted molar refractivity (Wildman–Crippen MR) is 77.0 cm³/mol. The van der Waals surface area contributed by atoms with Crippen molar-refractivity contribution in [1.29, 1.82) is 0 Å². The van der Waals surface area contributed by atoms with Crippen LogP contribution in [0.2, 0.25) is 0 Å². The number of thioether (sulfide) groups is 1. The number of esters is 1. The van der Waals surface area contributed by atoms with Crippen molar-refractivity contribution in [3.05, 3.63) is 30.3 Å². The summed E-state index contributed by atoms with van der Waals surface area (Å²) >= 11 is 1.31. The van der Waals surface area contributed by atoms with Crippen LogP contribution in [0.5, 0.6) is 0 Å². The minimum absolute atomic E-state index is 0.118. The average Bonchev–Trinajstić information content (AvgIpc) is 2.40. The molecule has 6 heteroatoms. The first-order valence-corrected chi connectivity index (χ1v) is 7.13. The lowest BCUT2D eigenvalue weighted by molar-refractivity contribution is -0.144. The van der Waals surface area contributed by atoms with Gasteiger partial charge in [-0.1, -0.05) is 18.2 Å². The van der Waals surface area contributed by atoms with Gasteiger partial charge in [0, 0.05) is 11.4 Å². The molecule has 0 aromatic heterocycles. The van der Waals surface area contributed by atoms with Crippen molar-refractivity contribution in [3.63, 3.8) is 0 Å². The van der Waals surface area contributed by atoms with Crippen molar-refractivity contribution >= 4 is 29.3 Å². The van der Waals surface area contributed by atoms with E-state index >= 15 is 0 Å². The van der Waals surface area contributed by atoms with E-state index in [2.05, 4.69) is 5.32 Å². The van der Waals surface area contributed by atoms with Gasteiger partial charge in [0.2, 0.25) is 5.91 Å². The summed E-state index contributed by atoms with van der Waals surface area (Å²) in [5.74, 6) is 0.0639. The lowest BCUT2D eigenvalue weighted by Crippen LogP contribution is -2.35. The molecule has 0 aliphatic heterocycles. The number of benzene rings is 1. The number of rotatable bonds is 7. The molecule has 0 fully saturated rings. The number of nitrogens with two attached hydrogens (primary N) is 1. The lowest BCUT2D eigenvalue weighted by Gasteiger charge is -2.10. The Kier molecular flexibility index (Phi) is 6.99. The van der Waals surface area contributed by atoms with Gasteiger partial charge in [0.25, 0.3) is 0 Å². The number of nitrogens with one attached hydrogen (secondary N) is 1. The molecule has 0 aliphatic rings. The number of ether oxygens (including phenoxy) is 1. The van der Waals surface area contributed by atoms with Crippen LogP contribution in [0.4, 0.5) is 5.69 Å². The number of amides is 1. The van der Waals surface area contributed by atoms with Crippen molar-refractivity contribution in [2.24, 2.45) is 5.73 Å². The summed E-state index contributed by atoms with van der Waals surface area (Å²) in [5, 5.41) is 2.75. The molecule has 0 saturated carbocycles. The first-order chi connectivity index (χ1) is 9.13. The number of para-hydroxylation sites is 1. The maximum atomic E-state index is 11.6. The molecule has 1 atom stereocenters. The summed E-state index contributed by atoms with van der Waals surface area (Å²) in [6.07, 6.45) is 0. The maximum Gasteiger partial charge on any atom is 0.323 e. The van der Waals surface area contributed by atoms with Gasteiger partial charge in [-0.2, -0.15) is 0 Å². The topological polar surface area (TPSA) is 81.4 Å². The van der Waals surface area contributed by atoms with E-state index in [0.717, 1.165) is 5.69 Å². The molecule has 0 unspecified atom stereocenters. The molecule has 0 bridgehead atoms. The van der Waals surface area contributed by atoms with E-state index in [4.69, 9.17) is 10.5 Å². The Bertz CT molecular complexity index is 412. The van der Waals surface area contributed by atoms with Gasteiger partial charge in [0.15, 0.2) is 0 Å². The summed E-state index contributed by atoms with van der Waals surface area (Å²) in [4.78, 5) is 22.8. The Morgan fingerprint density at radius 2 is 2.05 bits per heavy atom. The molecule has 0 spiro atoms. The fourth-order valence-electron chi connectivity index (χ4n) is 1.31. The van der Waals surface area contributed by atoms with Gasteiger partial charge >= 0.3 is 5.97 Å². The number of carbonyl (C=O) groups is 2. The highest BCUT2D eigenvalue weighted by Crippen LogP contribution is 2.08. The second-order valence-electron chi connectivity index (χ2n) is 3.79. The monoisotopic (exact) mass is 282 g/mol. The van der Waals surface area contributed by atoms with Gasteiger partial charge in [0.1, 0.15) is 6.04 Å². The molecular formula is C13H18N2O3S. The first-order valence-electron chi connectivity index (χ1n) is 5.98. The van der Waals surface area contributed by atoms with E-state index in [1.807, 2.05) is 30.3 Å². The Hall–Kier alpha value is -1.53. The van der Waals surface area contributed by atoms with Crippen LogP contribution in [-0.2, 0) is 14.3 Å². The second-order valence-corrected chi connectivity index (χ2v) is 4.82. The molecule has 0 radical (unpaired) electrons. The van der Waals surface area contributed by atoms with Crippen LogP contribution < -0.4 is 11.1 Å². The molecule has 104 valence electrons. The van der Waals surface area contributed by atoms with Crippen LogP contribution in [-0.4, -0.2) is 36.0 Å². The largest absolute Gasteiger partial charge is 0.465 e. The molecule has 1 amide bonds. The van der Waals surface area contributed by atoms with Crippen molar-refractivity contribution in [2.75, 3.05) is 23.4 Å². The third-order valence-corrected chi connectivity index (χ3v) is 3.24. The van der Waals surface area contributed by atoms with E-state index in [1.165, 1.54) is 11.8 Å². The molecule has 0 heterocycles. The van der Waals surface area contributed by atoms with Crippen molar-refractivity contribution in [1.82, 2.24) is 0 Å². The summed E-state index contributed by atoms with van der Waals surface area (Å²) in [6, 6.07) is 8.51. The quantitative estimate of drug-likeness (QED) is 0.736. The molecule has 0 saturated heterocycles. The summed E-state index contributed by atoms with van der Waals surface area (Å²) in [5.41, 5.74) is 6.37. The second kappa shape index (κ2) is 8.55. The third kappa shape index (κ3) is 6.26.